The first-order valence-corrected chi connectivity index (χ1v) is 5.57. The van der Waals surface area contributed by atoms with Gasteiger partial charge in [-0.05, 0) is 17.7 Å². The fraction of sp³-hybridized carbons (Fsp3) is 0.0769. The van der Waals surface area contributed by atoms with Crippen molar-refractivity contribution in [3.63, 3.8) is 0 Å². The Morgan fingerprint density at radius 1 is 1.06 bits per heavy atom. The van der Waals surface area contributed by atoms with Gasteiger partial charge in [0, 0.05) is 10.6 Å². The average Bonchev–Trinajstić information content (AvgIpc) is 2.35. The van der Waals surface area contributed by atoms with Gasteiger partial charge in [0.15, 0.2) is 0 Å². The van der Waals surface area contributed by atoms with E-state index in [4.69, 9.17) is 17.4 Å². The van der Waals surface area contributed by atoms with Crippen molar-refractivity contribution in [2.45, 2.75) is 6.04 Å². The molecule has 88 valence electrons. The molecule has 0 saturated heterocycles. The Hall–Kier alpha value is -1.42. The van der Waals surface area contributed by atoms with E-state index in [1.54, 1.807) is 12.1 Å². The highest BCUT2D eigenvalue weighted by Crippen LogP contribution is 2.29. The number of benzene rings is 2. The van der Waals surface area contributed by atoms with Gasteiger partial charge in [-0.3, -0.25) is 5.84 Å². The zero-order valence-corrected chi connectivity index (χ0v) is 9.79. The maximum Gasteiger partial charge on any atom is 0.129 e. The average molecular weight is 251 g/mol. The highest BCUT2D eigenvalue weighted by molar-refractivity contribution is 6.31. The lowest BCUT2D eigenvalue weighted by Gasteiger charge is -2.18. The second kappa shape index (κ2) is 5.27. The summed E-state index contributed by atoms with van der Waals surface area (Å²) in [5, 5.41) is 0.358. The van der Waals surface area contributed by atoms with E-state index in [0.29, 0.717) is 10.6 Å². The first kappa shape index (κ1) is 12.0. The SMILES string of the molecule is NNC(c1ccccc1)c1c(F)cccc1Cl. The molecule has 4 heteroatoms. The molecule has 0 heterocycles. The van der Waals surface area contributed by atoms with Crippen LogP contribution in [0.5, 0.6) is 0 Å². The lowest BCUT2D eigenvalue weighted by atomic mass is 9.99. The van der Waals surface area contributed by atoms with Gasteiger partial charge in [0.1, 0.15) is 5.82 Å². The summed E-state index contributed by atoms with van der Waals surface area (Å²) in [6.45, 7) is 0. The van der Waals surface area contributed by atoms with Gasteiger partial charge in [0.2, 0.25) is 0 Å². The summed E-state index contributed by atoms with van der Waals surface area (Å²) in [5.41, 5.74) is 3.82. The van der Waals surface area contributed by atoms with Crippen LogP contribution in [0, 0.1) is 5.82 Å². The van der Waals surface area contributed by atoms with Crippen LogP contribution in [0.4, 0.5) is 4.39 Å². The van der Waals surface area contributed by atoms with E-state index in [2.05, 4.69) is 5.43 Å². The van der Waals surface area contributed by atoms with E-state index in [9.17, 15) is 4.39 Å². The Labute approximate surface area is 104 Å². The summed E-state index contributed by atoms with van der Waals surface area (Å²) in [7, 11) is 0. The molecular weight excluding hydrogens is 239 g/mol. The molecule has 0 aliphatic rings. The van der Waals surface area contributed by atoms with Crippen LogP contribution in [-0.4, -0.2) is 0 Å². The van der Waals surface area contributed by atoms with Gasteiger partial charge < -0.3 is 0 Å². The Morgan fingerprint density at radius 3 is 2.35 bits per heavy atom. The van der Waals surface area contributed by atoms with Crippen molar-refractivity contribution in [2.75, 3.05) is 0 Å². The van der Waals surface area contributed by atoms with Crippen molar-refractivity contribution < 1.29 is 4.39 Å². The molecule has 0 radical (unpaired) electrons. The van der Waals surface area contributed by atoms with Crippen molar-refractivity contribution in [3.05, 3.63) is 70.5 Å². The molecule has 0 fully saturated rings. The Morgan fingerprint density at radius 2 is 1.76 bits per heavy atom. The zero-order valence-electron chi connectivity index (χ0n) is 9.03. The highest BCUT2D eigenvalue weighted by Gasteiger charge is 2.19. The van der Waals surface area contributed by atoms with Crippen molar-refractivity contribution in [3.8, 4) is 0 Å². The molecule has 0 aliphatic heterocycles. The Bertz CT molecular complexity index is 482. The summed E-state index contributed by atoms with van der Waals surface area (Å²) >= 11 is 6.02. The number of hydrazine groups is 1. The third-order valence-corrected chi connectivity index (χ3v) is 2.92. The number of halogens is 2. The second-order valence-electron chi connectivity index (χ2n) is 3.65. The van der Waals surface area contributed by atoms with Gasteiger partial charge in [0.05, 0.1) is 6.04 Å². The Kier molecular flexibility index (Phi) is 3.74. The van der Waals surface area contributed by atoms with E-state index < -0.39 is 6.04 Å². The van der Waals surface area contributed by atoms with E-state index in [0.717, 1.165) is 5.56 Å². The predicted octanol–water partition coefficient (Wildman–Crippen LogP) is 3.03. The van der Waals surface area contributed by atoms with Crippen LogP contribution in [0.3, 0.4) is 0 Å². The van der Waals surface area contributed by atoms with Crippen LogP contribution in [0.15, 0.2) is 48.5 Å². The summed E-state index contributed by atoms with van der Waals surface area (Å²) in [5.74, 6) is 5.13. The third-order valence-electron chi connectivity index (χ3n) is 2.59. The Balaban J connectivity index is 2.50. The van der Waals surface area contributed by atoms with E-state index in [-0.39, 0.29) is 5.82 Å². The largest absolute Gasteiger partial charge is 0.271 e. The fourth-order valence-corrected chi connectivity index (χ4v) is 2.05. The van der Waals surface area contributed by atoms with Crippen molar-refractivity contribution >= 4 is 11.6 Å². The monoisotopic (exact) mass is 250 g/mol. The number of hydrogen-bond acceptors (Lipinski definition) is 2. The number of nitrogens with one attached hydrogen (secondary N) is 1. The molecule has 0 saturated carbocycles. The van der Waals surface area contributed by atoms with Crippen LogP contribution in [0.2, 0.25) is 5.02 Å². The molecule has 0 aromatic heterocycles. The van der Waals surface area contributed by atoms with Gasteiger partial charge in [0.25, 0.3) is 0 Å². The topological polar surface area (TPSA) is 38.0 Å². The minimum atomic E-state index is -0.454. The number of nitrogens with two attached hydrogens (primary N) is 1. The zero-order chi connectivity index (χ0) is 12.3. The molecule has 2 aromatic carbocycles. The quantitative estimate of drug-likeness (QED) is 0.649. The second-order valence-corrected chi connectivity index (χ2v) is 4.05. The molecule has 2 nitrogen and oxygen atoms in total. The third kappa shape index (κ3) is 2.47. The lowest BCUT2D eigenvalue weighted by Crippen LogP contribution is -2.29. The van der Waals surface area contributed by atoms with Crippen LogP contribution < -0.4 is 11.3 Å². The smallest absolute Gasteiger partial charge is 0.129 e. The van der Waals surface area contributed by atoms with Gasteiger partial charge in [-0.25, -0.2) is 9.82 Å². The minimum Gasteiger partial charge on any atom is -0.271 e. The van der Waals surface area contributed by atoms with E-state index in [1.165, 1.54) is 6.07 Å². The number of hydrogen-bond donors (Lipinski definition) is 2. The summed E-state index contributed by atoms with van der Waals surface area (Å²) in [4.78, 5) is 0. The first-order valence-electron chi connectivity index (χ1n) is 5.19. The molecule has 2 rings (SSSR count). The molecular formula is C13H12ClFN2. The standard InChI is InChI=1S/C13H12ClFN2/c14-10-7-4-8-11(15)12(10)13(17-16)9-5-2-1-3-6-9/h1-8,13,17H,16H2. The molecule has 0 amide bonds. The molecule has 2 aromatic rings. The van der Waals surface area contributed by atoms with Gasteiger partial charge in [-0.15, -0.1) is 0 Å². The number of rotatable bonds is 3. The van der Waals surface area contributed by atoms with Crippen LogP contribution in [0.25, 0.3) is 0 Å². The van der Waals surface area contributed by atoms with E-state index >= 15 is 0 Å². The summed E-state index contributed by atoms with van der Waals surface area (Å²) in [6, 6.07) is 13.5. The molecule has 1 atom stereocenters. The molecule has 3 N–H and O–H groups in total. The maximum atomic E-state index is 13.8. The van der Waals surface area contributed by atoms with Crippen molar-refractivity contribution in [1.29, 1.82) is 0 Å². The molecule has 0 bridgehead atoms. The van der Waals surface area contributed by atoms with E-state index in [1.807, 2.05) is 30.3 Å². The fourth-order valence-electron chi connectivity index (χ4n) is 1.78. The van der Waals surface area contributed by atoms with Crippen molar-refractivity contribution in [2.24, 2.45) is 5.84 Å². The van der Waals surface area contributed by atoms with Gasteiger partial charge >= 0.3 is 0 Å². The van der Waals surface area contributed by atoms with Crippen molar-refractivity contribution in [1.82, 2.24) is 5.43 Å². The predicted molar refractivity (Wildman–Crippen MR) is 67.0 cm³/mol. The highest BCUT2D eigenvalue weighted by atomic mass is 35.5. The van der Waals surface area contributed by atoms with Gasteiger partial charge in [-0.2, -0.15) is 0 Å². The van der Waals surface area contributed by atoms with Crippen LogP contribution >= 0.6 is 11.6 Å². The summed E-state index contributed by atoms with van der Waals surface area (Å²) in [6.07, 6.45) is 0. The molecule has 0 aliphatic carbocycles. The molecule has 0 spiro atoms. The minimum absolute atomic E-state index is 0.358. The molecule has 17 heavy (non-hydrogen) atoms. The summed E-state index contributed by atoms with van der Waals surface area (Å²) < 4.78 is 13.8. The normalized spacial score (nSPS) is 12.4. The van der Waals surface area contributed by atoms with Gasteiger partial charge in [-0.1, -0.05) is 48.0 Å². The van der Waals surface area contributed by atoms with Crippen LogP contribution in [-0.2, 0) is 0 Å². The lowest BCUT2D eigenvalue weighted by molar-refractivity contribution is 0.560. The molecule has 1 unspecified atom stereocenters. The maximum absolute atomic E-state index is 13.8. The van der Waals surface area contributed by atoms with Crippen LogP contribution in [0.1, 0.15) is 17.2 Å². The first-order chi connectivity index (χ1) is 8.24.